The van der Waals surface area contributed by atoms with Crippen molar-refractivity contribution in [2.75, 3.05) is 14.1 Å². The maximum absolute atomic E-state index is 8.24. The van der Waals surface area contributed by atoms with E-state index in [4.69, 9.17) is 10.0 Å². The molecule has 0 aromatic heterocycles. The molecule has 0 aromatic rings. The highest BCUT2D eigenvalue weighted by Crippen LogP contribution is 1.77. The minimum absolute atomic E-state index is 1.28. The van der Waals surface area contributed by atoms with Crippen LogP contribution >= 0.6 is 0 Å². The average molecular weight is 115 g/mol. The molecule has 2 N–H and O–H groups in total. The van der Waals surface area contributed by atoms with Gasteiger partial charge in [0, 0.05) is 14.1 Å². The first-order valence-corrected chi connectivity index (χ1v) is 2.34. The van der Waals surface area contributed by atoms with Gasteiger partial charge in [-0.2, -0.15) is 0 Å². The van der Waals surface area contributed by atoms with Gasteiger partial charge in [-0.15, -0.1) is 0 Å². The molecule has 0 radical (unpaired) electrons. The highest BCUT2D eigenvalue weighted by atomic mass is 16.4. The predicted octanol–water partition coefficient (Wildman–Crippen LogP) is -0.926. The fraction of sp³-hybridized carbons (Fsp3) is 0.500. The van der Waals surface area contributed by atoms with Gasteiger partial charge in [0.2, 0.25) is 0 Å². The number of hydrogen-bond acceptors (Lipinski definition) is 3. The second kappa shape index (κ2) is 3.52. The first kappa shape index (κ1) is 7.52. The summed E-state index contributed by atoms with van der Waals surface area (Å²) in [6.07, 6.45) is 1.57. The Bertz CT molecular complexity index is 72.1. The summed E-state index contributed by atoms with van der Waals surface area (Å²) in [5.41, 5.74) is 0. The standard InChI is InChI=1S/C4H10BNO2/c1-6(2)4-3-5(7)8/h3-4,7-8H,1-2H3. The summed E-state index contributed by atoms with van der Waals surface area (Å²) in [6, 6.07) is 0. The smallest absolute Gasteiger partial charge is 0.424 e. The Hall–Kier alpha value is -0.475. The van der Waals surface area contributed by atoms with Crippen LogP contribution in [0.4, 0.5) is 0 Å². The third-order valence-corrected chi connectivity index (χ3v) is 0.556. The van der Waals surface area contributed by atoms with Crippen LogP contribution in [0.1, 0.15) is 0 Å². The zero-order chi connectivity index (χ0) is 6.57. The molecule has 0 saturated carbocycles. The third-order valence-electron chi connectivity index (χ3n) is 0.556. The maximum atomic E-state index is 8.24. The predicted molar refractivity (Wildman–Crippen MR) is 33.0 cm³/mol. The van der Waals surface area contributed by atoms with Crippen molar-refractivity contribution >= 4 is 7.12 Å². The van der Waals surface area contributed by atoms with Crippen LogP contribution in [0.3, 0.4) is 0 Å². The Morgan fingerprint density at radius 2 is 1.88 bits per heavy atom. The topological polar surface area (TPSA) is 43.7 Å². The molecule has 4 heteroatoms. The molecule has 8 heavy (non-hydrogen) atoms. The van der Waals surface area contributed by atoms with Crippen LogP contribution in [0.25, 0.3) is 0 Å². The molecule has 3 nitrogen and oxygen atoms in total. The van der Waals surface area contributed by atoms with Crippen LogP contribution in [-0.2, 0) is 0 Å². The monoisotopic (exact) mass is 115 g/mol. The Morgan fingerprint density at radius 1 is 1.38 bits per heavy atom. The van der Waals surface area contributed by atoms with Crippen LogP contribution in [-0.4, -0.2) is 36.2 Å². The second-order valence-corrected chi connectivity index (χ2v) is 1.72. The molecule has 0 aliphatic carbocycles. The molecule has 0 aliphatic heterocycles. The molecule has 0 rings (SSSR count). The minimum atomic E-state index is -1.34. The van der Waals surface area contributed by atoms with Crippen LogP contribution in [0.5, 0.6) is 0 Å². The molecule has 0 heterocycles. The van der Waals surface area contributed by atoms with Crippen LogP contribution in [0.15, 0.2) is 12.2 Å². The summed E-state index contributed by atoms with van der Waals surface area (Å²) in [7, 11) is 2.27. The fourth-order valence-corrected chi connectivity index (χ4v) is 0.249. The average Bonchev–Trinajstić information content (AvgIpc) is 1.61. The minimum Gasteiger partial charge on any atom is -0.424 e. The summed E-state index contributed by atoms with van der Waals surface area (Å²) in [5.74, 6) is 1.28. The lowest BCUT2D eigenvalue weighted by molar-refractivity contribution is 0.422. The van der Waals surface area contributed by atoms with E-state index in [2.05, 4.69) is 0 Å². The Morgan fingerprint density at radius 3 is 2.00 bits per heavy atom. The van der Waals surface area contributed by atoms with E-state index >= 15 is 0 Å². The van der Waals surface area contributed by atoms with Crippen molar-refractivity contribution < 1.29 is 10.0 Å². The molecule has 0 atom stereocenters. The number of nitrogens with zero attached hydrogens (tertiary/aromatic N) is 1. The lowest BCUT2D eigenvalue weighted by Gasteiger charge is -2.01. The molecule has 0 amide bonds. The normalized spacial score (nSPS) is 10.0. The van der Waals surface area contributed by atoms with Gasteiger partial charge in [0.15, 0.2) is 0 Å². The number of rotatable bonds is 2. The van der Waals surface area contributed by atoms with Crippen molar-refractivity contribution in [2.24, 2.45) is 0 Å². The van der Waals surface area contributed by atoms with Crippen LogP contribution in [0.2, 0.25) is 0 Å². The molecule has 0 spiro atoms. The first-order chi connectivity index (χ1) is 3.63. The molecule has 0 saturated heterocycles. The quantitative estimate of drug-likeness (QED) is 0.457. The lowest BCUT2D eigenvalue weighted by Crippen LogP contribution is -2.09. The van der Waals surface area contributed by atoms with Crippen molar-refractivity contribution in [1.82, 2.24) is 4.90 Å². The number of hydrogen-bond donors (Lipinski definition) is 2. The van der Waals surface area contributed by atoms with Crippen molar-refractivity contribution in [3.8, 4) is 0 Å². The van der Waals surface area contributed by atoms with E-state index in [1.807, 2.05) is 0 Å². The van der Waals surface area contributed by atoms with Gasteiger partial charge in [0.1, 0.15) is 0 Å². The first-order valence-electron chi connectivity index (χ1n) is 2.34. The van der Waals surface area contributed by atoms with Crippen molar-refractivity contribution in [3.63, 3.8) is 0 Å². The zero-order valence-corrected chi connectivity index (χ0v) is 5.07. The Balaban J connectivity index is 3.34. The zero-order valence-electron chi connectivity index (χ0n) is 5.07. The molecule has 0 aromatic carbocycles. The highest BCUT2D eigenvalue weighted by molar-refractivity contribution is 6.47. The molecule has 0 aliphatic rings. The molecule has 0 unspecified atom stereocenters. The third kappa shape index (κ3) is 5.52. The molecule has 0 bridgehead atoms. The Labute approximate surface area is 49.4 Å². The van der Waals surface area contributed by atoms with Crippen molar-refractivity contribution in [3.05, 3.63) is 12.2 Å². The maximum Gasteiger partial charge on any atom is 0.482 e. The van der Waals surface area contributed by atoms with E-state index in [1.165, 1.54) is 5.98 Å². The summed E-state index contributed by atoms with van der Waals surface area (Å²) in [5, 5.41) is 16.5. The Kier molecular flexibility index (Phi) is 3.31. The summed E-state index contributed by atoms with van der Waals surface area (Å²) in [6.45, 7) is 0. The van der Waals surface area contributed by atoms with Gasteiger partial charge in [-0.25, -0.2) is 0 Å². The van der Waals surface area contributed by atoms with E-state index in [0.29, 0.717) is 0 Å². The van der Waals surface area contributed by atoms with Gasteiger partial charge in [0.05, 0.1) is 0 Å². The molecule has 46 valence electrons. The van der Waals surface area contributed by atoms with Gasteiger partial charge in [-0.05, 0) is 12.2 Å². The van der Waals surface area contributed by atoms with Crippen molar-refractivity contribution in [1.29, 1.82) is 0 Å². The second-order valence-electron chi connectivity index (χ2n) is 1.72. The van der Waals surface area contributed by atoms with Crippen LogP contribution in [0, 0.1) is 0 Å². The summed E-state index contributed by atoms with van der Waals surface area (Å²) >= 11 is 0. The van der Waals surface area contributed by atoms with E-state index in [0.717, 1.165) is 0 Å². The molecular formula is C4H10BNO2. The van der Waals surface area contributed by atoms with Gasteiger partial charge in [-0.3, -0.25) is 0 Å². The summed E-state index contributed by atoms with van der Waals surface area (Å²) < 4.78 is 0. The van der Waals surface area contributed by atoms with Crippen LogP contribution < -0.4 is 0 Å². The van der Waals surface area contributed by atoms with Crippen molar-refractivity contribution in [2.45, 2.75) is 0 Å². The summed E-state index contributed by atoms with van der Waals surface area (Å²) in [4.78, 5) is 1.72. The largest absolute Gasteiger partial charge is 0.482 e. The SMILES string of the molecule is CN(C)C=CB(O)O. The van der Waals surface area contributed by atoms with E-state index < -0.39 is 7.12 Å². The van der Waals surface area contributed by atoms with E-state index in [-0.39, 0.29) is 0 Å². The van der Waals surface area contributed by atoms with Gasteiger partial charge in [0.25, 0.3) is 0 Å². The molecule has 0 fully saturated rings. The fourth-order valence-electron chi connectivity index (χ4n) is 0.249. The van der Waals surface area contributed by atoms with Gasteiger partial charge < -0.3 is 14.9 Å². The molecular weight excluding hydrogens is 105 g/mol. The van der Waals surface area contributed by atoms with Gasteiger partial charge >= 0.3 is 7.12 Å². The highest BCUT2D eigenvalue weighted by Gasteiger charge is 1.96. The van der Waals surface area contributed by atoms with E-state index in [1.54, 1.807) is 25.2 Å². The van der Waals surface area contributed by atoms with E-state index in [9.17, 15) is 0 Å². The lowest BCUT2D eigenvalue weighted by atomic mass is 9.93. The van der Waals surface area contributed by atoms with Gasteiger partial charge in [-0.1, -0.05) is 0 Å².